The van der Waals surface area contributed by atoms with Gasteiger partial charge in [-0.25, -0.2) is 8.78 Å². The molecule has 0 atom stereocenters. The van der Waals surface area contributed by atoms with Crippen LogP contribution in [0.3, 0.4) is 0 Å². The van der Waals surface area contributed by atoms with E-state index in [1.54, 1.807) is 0 Å². The first-order valence-electron chi connectivity index (χ1n) is 4.39. The fourth-order valence-corrected chi connectivity index (χ4v) is 1.93. The molecule has 9 heteroatoms. The molecule has 1 aromatic rings. The van der Waals surface area contributed by atoms with Crippen molar-refractivity contribution in [2.45, 2.75) is 19.0 Å². The molecule has 1 rings (SSSR count). The summed E-state index contributed by atoms with van der Waals surface area (Å²) < 4.78 is 62.1. The van der Waals surface area contributed by atoms with Gasteiger partial charge < -0.3 is 5.11 Å². The molecule has 0 bridgehead atoms. The molecule has 1 aromatic heterocycles. The molecule has 0 aliphatic rings. The smallest absolute Gasteiger partial charge is 0.419 e. The topological polar surface area (TPSA) is 50.2 Å². The van der Waals surface area contributed by atoms with Crippen LogP contribution in [-0.2, 0) is 17.4 Å². The van der Waals surface area contributed by atoms with Crippen molar-refractivity contribution in [3.63, 3.8) is 0 Å². The van der Waals surface area contributed by atoms with Crippen molar-refractivity contribution in [2.75, 3.05) is 0 Å². The van der Waals surface area contributed by atoms with Crippen molar-refractivity contribution >= 4 is 21.9 Å². The van der Waals surface area contributed by atoms with Gasteiger partial charge >= 0.3 is 12.1 Å². The number of nitrogens with zero attached hydrogens (tertiary/aromatic N) is 1. The minimum Gasteiger partial charge on any atom is -0.481 e. The van der Waals surface area contributed by atoms with Crippen LogP contribution in [0.4, 0.5) is 22.0 Å². The van der Waals surface area contributed by atoms with E-state index in [1.807, 2.05) is 0 Å². The summed E-state index contributed by atoms with van der Waals surface area (Å²) in [4.78, 5) is 13.4. The summed E-state index contributed by atoms with van der Waals surface area (Å²) in [5, 5.41) is 8.49. The van der Waals surface area contributed by atoms with Gasteiger partial charge in [0.15, 0.2) is 0 Å². The summed E-state index contributed by atoms with van der Waals surface area (Å²) in [7, 11) is 0. The van der Waals surface area contributed by atoms with Crippen LogP contribution >= 0.6 is 15.9 Å². The summed E-state index contributed by atoms with van der Waals surface area (Å²) in [6, 6.07) is 0. The first kappa shape index (κ1) is 14.8. The van der Waals surface area contributed by atoms with E-state index in [0.29, 0.717) is 6.20 Å². The Morgan fingerprint density at radius 2 is 2.00 bits per heavy atom. The molecule has 3 nitrogen and oxygen atoms in total. The normalized spacial score (nSPS) is 11.9. The highest BCUT2D eigenvalue weighted by atomic mass is 79.9. The first-order valence-corrected chi connectivity index (χ1v) is 5.18. The van der Waals surface area contributed by atoms with Gasteiger partial charge in [0.1, 0.15) is 5.69 Å². The largest absolute Gasteiger partial charge is 0.481 e. The van der Waals surface area contributed by atoms with Crippen molar-refractivity contribution in [3.8, 4) is 0 Å². The molecule has 0 aliphatic carbocycles. The van der Waals surface area contributed by atoms with Crippen LogP contribution in [0.25, 0.3) is 0 Å². The van der Waals surface area contributed by atoms with Crippen LogP contribution in [0.1, 0.15) is 23.2 Å². The third-order valence-corrected chi connectivity index (χ3v) is 2.85. The standard InChI is InChI=1S/C9H5BrF5NO2/c10-6-3(1-4(17)18)2-16-7(8(11)12)5(6)9(13,14)15/h2,8H,1H2,(H,17,18). The molecule has 0 aromatic carbocycles. The van der Waals surface area contributed by atoms with Gasteiger partial charge in [-0.1, -0.05) is 0 Å². The highest BCUT2D eigenvalue weighted by Gasteiger charge is 2.40. The molecule has 100 valence electrons. The van der Waals surface area contributed by atoms with Gasteiger partial charge in [0, 0.05) is 10.7 Å². The minimum atomic E-state index is -5.05. The van der Waals surface area contributed by atoms with E-state index in [0.717, 1.165) is 0 Å². The van der Waals surface area contributed by atoms with Gasteiger partial charge in [-0.15, -0.1) is 0 Å². The van der Waals surface area contributed by atoms with Crippen LogP contribution in [0, 0.1) is 0 Å². The van der Waals surface area contributed by atoms with E-state index in [9.17, 15) is 26.7 Å². The zero-order valence-corrected chi connectivity index (χ0v) is 10.0. The number of hydrogen-bond donors (Lipinski definition) is 1. The van der Waals surface area contributed by atoms with E-state index < -0.39 is 40.7 Å². The highest BCUT2D eigenvalue weighted by molar-refractivity contribution is 9.10. The van der Waals surface area contributed by atoms with Crippen LogP contribution in [0.2, 0.25) is 0 Å². The number of aromatic nitrogens is 1. The molecule has 1 N–H and O–H groups in total. The predicted molar refractivity (Wildman–Crippen MR) is 53.2 cm³/mol. The molecular weight excluding hydrogens is 329 g/mol. The Bertz CT molecular complexity index is 475. The third kappa shape index (κ3) is 3.15. The number of carboxylic acids is 1. The lowest BCUT2D eigenvalue weighted by atomic mass is 10.1. The Morgan fingerprint density at radius 3 is 2.39 bits per heavy atom. The molecule has 0 radical (unpaired) electrons. The number of carboxylic acid groups (broad SMARTS) is 1. The Balaban J connectivity index is 3.45. The molecule has 0 amide bonds. The SMILES string of the molecule is O=C(O)Cc1cnc(C(F)F)c(C(F)(F)F)c1Br. The van der Waals surface area contributed by atoms with E-state index in [-0.39, 0.29) is 5.56 Å². The molecule has 0 unspecified atom stereocenters. The lowest BCUT2D eigenvalue weighted by molar-refractivity contribution is -0.141. The Hall–Kier alpha value is -1.25. The van der Waals surface area contributed by atoms with Gasteiger partial charge in [-0.2, -0.15) is 13.2 Å². The lowest BCUT2D eigenvalue weighted by Gasteiger charge is -2.15. The average molecular weight is 334 g/mol. The number of carbonyl (C=O) groups is 1. The van der Waals surface area contributed by atoms with Gasteiger partial charge in [0.05, 0.1) is 12.0 Å². The molecule has 0 fully saturated rings. The second-order valence-electron chi connectivity index (χ2n) is 3.23. The van der Waals surface area contributed by atoms with Crippen LogP contribution in [-0.4, -0.2) is 16.1 Å². The van der Waals surface area contributed by atoms with Crippen LogP contribution in [0.5, 0.6) is 0 Å². The summed E-state index contributed by atoms with van der Waals surface area (Å²) >= 11 is 2.51. The van der Waals surface area contributed by atoms with Crippen LogP contribution < -0.4 is 0 Å². The molecule has 0 saturated carbocycles. The van der Waals surface area contributed by atoms with E-state index in [1.165, 1.54) is 0 Å². The zero-order chi connectivity index (χ0) is 14.1. The first-order chi connectivity index (χ1) is 8.14. The van der Waals surface area contributed by atoms with Crippen molar-refractivity contribution in [2.24, 2.45) is 0 Å². The lowest BCUT2D eigenvalue weighted by Crippen LogP contribution is -2.15. The zero-order valence-electron chi connectivity index (χ0n) is 8.43. The number of alkyl halides is 5. The number of aliphatic carboxylic acids is 1. The Labute approximate surface area is 106 Å². The van der Waals surface area contributed by atoms with Crippen molar-refractivity contribution in [3.05, 3.63) is 27.5 Å². The number of rotatable bonds is 3. The quantitative estimate of drug-likeness (QED) is 0.862. The van der Waals surface area contributed by atoms with Gasteiger partial charge in [-0.3, -0.25) is 9.78 Å². The maximum absolute atomic E-state index is 12.6. The highest BCUT2D eigenvalue weighted by Crippen LogP contribution is 2.41. The summed E-state index contributed by atoms with van der Waals surface area (Å²) in [6.45, 7) is 0. The Morgan fingerprint density at radius 1 is 1.44 bits per heavy atom. The predicted octanol–water partition coefficient (Wildman–Crippen LogP) is 3.43. The van der Waals surface area contributed by atoms with Crippen molar-refractivity contribution < 1.29 is 31.9 Å². The van der Waals surface area contributed by atoms with E-state index in [2.05, 4.69) is 20.9 Å². The van der Waals surface area contributed by atoms with Crippen molar-refractivity contribution in [1.82, 2.24) is 4.98 Å². The number of halogens is 6. The maximum atomic E-state index is 12.6. The van der Waals surface area contributed by atoms with Gasteiger partial charge in [-0.05, 0) is 21.5 Å². The maximum Gasteiger partial charge on any atom is 0.419 e. The summed E-state index contributed by atoms with van der Waals surface area (Å²) in [5.74, 6) is -1.39. The van der Waals surface area contributed by atoms with E-state index >= 15 is 0 Å². The second kappa shape index (κ2) is 5.17. The molecule has 0 aliphatic heterocycles. The van der Waals surface area contributed by atoms with Crippen molar-refractivity contribution in [1.29, 1.82) is 0 Å². The fraction of sp³-hybridized carbons (Fsp3) is 0.333. The second-order valence-corrected chi connectivity index (χ2v) is 4.02. The average Bonchev–Trinajstić information content (AvgIpc) is 2.17. The third-order valence-electron chi connectivity index (χ3n) is 1.95. The molecular formula is C9H5BrF5NO2. The number of pyridine rings is 1. The Kier molecular flexibility index (Phi) is 4.25. The van der Waals surface area contributed by atoms with Gasteiger partial charge in [0.2, 0.25) is 0 Å². The molecule has 0 spiro atoms. The van der Waals surface area contributed by atoms with Crippen LogP contribution in [0.15, 0.2) is 10.7 Å². The van der Waals surface area contributed by atoms with E-state index in [4.69, 9.17) is 5.11 Å². The number of hydrogen-bond acceptors (Lipinski definition) is 2. The summed E-state index contributed by atoms with van der Waals surface area (Å²) in [5.41, 5.74) is -3.39. The molecule has 1 heterocycles. The minimum absolute atomic E-state index is 0.320. The molecule has 0 saturated heterocycles. The summed E-state index contributed by atoms with van der Waals surface area (Å²) in [6.07, 6.45) is -8.52. The van der Waals surface area contributed by atoms with Gasteiger partial charge in [0.25, 0.3) is 6.43 Å². The fourth-order valence-electron chi connectivity index (χ4n) is 1.26. The molecule has 18 heavy (non-hydrogen) atoms. The monoisotopic (exact) mass is 333 g/mol.